The molecule has 5 rings (SSSR count). The number of carbonyl (C=O) groups excluding carboxylic acids is 1. The summed E-state index contributed by atoms with van der Waals surface area (Å²) in [5.74, 6) is -0.239. The molecule has 1 heterocycles. The molecule has 0 saturated heterocycles. The standard InChI is InChI=1S/C29H24N2O2/c32-28(23-15-7-2-8-16-23)31-27(21-26(30-31)22-13-5-1-6-14-22)29(33,24-17-9-3-10-18-24)25-19-11-4-12-20-25/h1-20,27,33H,21H2. The maximum absolute atomic E-state index is 13.7. The molecule has 4 heteroatoms. The van der Waals surface area contributed by atoms with Crippen molar-refractivity contribution in [3.8, 4) is 0 Å². The molecule has 1 aliphatic rings. The van der Waals surface area contributed by atoms with E-state index in [0.29, 0.717) is 12.0 Å². The van der Waals surface area contributed by atoms with Crippen LogP contribution in [0.15, 0.2) is 126 Å². The fourth-order valence-electron chi connectivity index (χ4n) is 4.48. The topological polar surface area (TPSA) is 52.9 Å². The zero-order valence-corrected chi connectivity index (χ0v) is 18.1. The summed E-state index contributed by atoms with van der Waals surface area (Å²) in [7, 11) is 0. The molecule has 0 spiro atoms. The predicted molar refractivity (Wildman–Crippen MR) is 130 cm³/mol. The van der Waals surface area contributed by atoms with E-state index in [1.165, 1.54) is 5.01 Å². The molecule has 4 nitrogen and oxygen atoms in total. The number of benzene rings is 4. The number of amides is 1. The molecule has 4 aromatic carbocycles. The number of hydrogen-bond acceptors (Lipinski definition) is 3. The lowest BCUT2D eigenvalue weighted by Gasteiger charge is -2.38. The quantitative estimate of drug-likeness (QED) is 0.469. The van der Waals surface area contributed by atoms with E-state index in [2.05, 4.69) is 0 Å². The fraction of sp³-hybridized carbons (Fsp3) is 0.103. The maximum Gasteiger partial charge on any atom is 0.274 e. The van der Waals surface area contributed by atoms with Crippen molar-refractivity contribution >= 4 is 11.6 Å². The smallest absolute Gasteiger partial charge is 0.274 e. The number of hydrogen-bond donors (Lipinski definition) is 1. The molecular formula is C29H24N2O2. The molecule has 1 atom stereocenters. The number of rotatable bonds is 5. The normalized spacial score (nSPS) is 15.8. The van der Waals surface area contributed by atoms with Gasteiger partial charge in [0.25, 0.3) is 5.91 Å². The van der Waals surface area contributed by atoms with Crippen LogP contribution < -0.4 is 0 Å². The monoisotopic (exact) mass is 432 g/mol. The summed E-state index contributed by atoms with van der Waals surface area (Å²) in [4.78, 5) is 13.7. The van der Waals surface area contributed by atoms with Crippen LogP contribution in [-0.2, 0) is 5.60 Å². The molecule has 0 radical (unpaired) electrons. The van der Waals surface area contributed by atoms with Crippen molar-refractivity contribution in [1.29, 1.82) is 0 Å². The molecule has 1 N–H and O–H groups in total. The molecule has 33 heavy (non-hydrogen) atoms. The minimum Gasteiger partial charge on any atom is -0.378 e. The Balaban J connectivity index is 1.66. The molecule has 0 bridgehead atoms. The molecule has 4 aromatic rings. The molecule has 0 aromatic heterocycles. The SMILES string of the molecule is O=C(c1ccccc1)N1N=C(c2ccccc2)CC1C(O)(c1ccccc1)c1ccccc1. The highest BCUT2D eigenvalue weighted by molar-refractivity contribution is 6.05. The summed E-state index contributed by atoms with van der Waals surface area (Å²) in [6.45, 7) is 0. The van der Waals surface area contributed by atoms with Gasteiger partial charge in [0.05, 0.1) is 11.8 Å². The second-order valence-corrected chi connectivity index (χ2v) is 8.15. The van der Waals surface area contributed by atoms with Crippen molar-refractivity contribution < 1.29 is 9.90 Å². The zero-order chi connectivity index (χ0) is 22.7. The Morgan fingerprint density at radius 3 is 1.70 bits per heavy atom. The van der Waals surface area contributed by atoms with Gasteiger partial charge in [0.1, 0.15) is 5.60 Å². The lowest BCUT2D eigenvalue weighted by atomic mass is 9.78. The number of hydrazone groups is 1. The first kappa shape index (κ1) is 20.9. The van der Waals surface area contributed by atoms with E-state index in [1.807, 2.05) is 109 Å². The Morgan fingerprint density at radius 1 is 0.727 bits per heavy atom. The number of nitrogens with zero attached hydrogens (tertiary/aromatic N) is 2. The first-order chi connectivity index (χ1) is 16.2. The molecule has 0 aliphatic carbocycles. The number of carbonyl (C=O) groups is 1. The van der Waals surface area contributed by atoms with Gasteiger partial charge in [0.15, 0.2) is 0 Å². The molecule has 0 fully saturated rings. The van der Waals surface area contributed by atoms with Crippen LogP contribution in [0.1, 0.15) is 33.5 Å². The van der Waals surface area contributed by atoms with E-state index in [4.69, 9.17) is 5.10 Å². The molecule has 162 valence electrons. The van der Waals surface area contributed by atoms with Crippen molar-refractivity contribution in [2.75, 3.05) is 0 Å². The van der Waals surface area contributed by atoms with Crippen LogP contribution in [0.25, 0.3) is 0 Å². The van der Waals surface area contributed by atoms with Crippen molar-refractivity contribution in [1.82, 2.24) is 5.01 Å². The van der Waals surface area contributed by atoms with Crippen LogP contribution >= 0.6 is 0 Å². The molecular weight excluding hydrogens is 408 g/mol. The molecule has 0 saturated carbocycles. The predicted octanol–water partition coefficient (Wildman–Crippen LogP) is 5.24. The van der Waals surface area contributed by atoms with Crippen LogP contribution in [0, 0.1) is 0 Å². The van der Waals surface area contributed by atoms with Crippen LogP contribution in [0.2, 0.25) is 0 Å². The van der Waals surface area contributed by atoms with Gasteiger partial charge in [-0.3, -0.25) is 4.79 Å². The van der Waals surface area contributed by atoms with E-state index in [1.54, 1.807) is 12.1 Å². The van der Waals surface area contributed by atoms with Gasteiger partial charge in [-0.2, -0.15) is 5.10 Å². The van der Waals surface area contributed by atoms with Crippen LogP contribution in [-0.4, -0.2) is 27.8 Å². The first-order valence-electron chi connectivity index (χ1n) is 11.0. The van der Waals surface area contributed by atoms with Gasteiger partial charge in [-0.1, -0.05) is 109 Å². The Bertz CT molecular complexity index is 1220. The first-order valence-corrected chi connectivity index (χ1v) is 11.0. The van der Waals surface area contributed by atoms with E-state index in [9.17, 15) is 9.90 Å². The van der Waals surface area contributed by atoms with Gasteiger partial charge in [-0.15, -0.1) is 0 Å². The van der Waals surface area contributed by atoms with Crippen molar-refractivity contribution in [3.05, 3.63) is 144 Å². The Hall–Kier alpha value is -4.02. The summed E-state index contributed by atoms with van der Waals surface area (Å²) in [5, 5.41) is 18.7. The second kappa shape index (κ2) is 8.85. The van der Waals surface area contributed by atoms with Gasteiger partial charge < -0.3 is 5.11 Å². The minimum absolute atomic E-state index is 0.239. The van der Waals surface area contributed by atoms with E-state index in [0.717, 1.165) is 22.4 Å². The van der Waals surface area contributed by atoms with E-state index in [-0.39, 0.29) is 5.91 Å². The third-order valence-corrected chi connectivity index (χ3v) is 6.16. The van der Waals surface area contributed by atoms with Gasteiger partial charge in [-0.25, -0.2) is 5.01 Å². The summed E-state index contributed by atoms with van der Waals surface area (Å²) in [6.07, 6.45) is 0.420. The summed E-state index contributed by atoms with van der Waals surface area (Å²) in [5.41, 5.74) is 2.23. The summed E-state index contributed by atoms with van der Waals surface area (Å²) in [6, 6.07) is 37.4. The number of aliphatic hydroxyl groups is 1. The minimum atomic E-state index is -1.45. The Morgan fingerprint density at radius 2 is 1.18 bits per heavy atom. The van der Waals surface area contributed by atoms with Gasteiger partial charge in [0, 0.05) is 12.0 Å². The third kappa shape index (κ3) is 3.86. The highest BCUT2D eigenvalue weighted by Crippen LogP contribution is 2.41. The van der Waals surface area contributed by atoms with Gasteiger partial charge in [0.2, 0.25) is 0 Å². The van der Waals surface area contributed by atoms with Crippen LogP contribution in [0.5, 0.6) is 0 Å². The van der Waals surface area contributed by atoms with Crippen LogP contribution in [0.4, 0.5) is 0 Å². The molecule has 1 aliphatic heterocycles. The largest absolute Gasteiger partial charge is 0.378 e. The average molecular weight is 433 g/mol. The summed E-state index contributed by atoms with van der Waals surface area (Å²) >= 11 is 0. The van der Waals surface area contributed by atoms with Crippen molar-refractivity contribution in [2.24, 2.45) is 5.10 Å². The molecule has 1 unspecified atom stereocenters. The van der Waals surface area contributed by atoms with Crippen molar-refractivity contribution in [3.63, 3.8) is 0 Å². The Kier molecular flexibility index (Phi) is 5.59. The maximum atomic E-state index is 13.7. The Labute approximate surface area is 193 Å². The van der Waals surface area contributed by atoms with Gasteiger partial charge in [-0.05, 0) is 28.8 Å². The fourth-order valence-corrected chi connectivity index (χ4v) is 4.48. The van der Waals surface area contributed by atoms with Crippen molar-refractivity contribution in [2.45, 2.75) is 18.1 Å². The summed E-state index contributed by atoms with van der Waals surface area (Å²) < 4.78 is 0. The lowest BCUT2D eigenvalue weighted by molar-refractivity contribution is -0.00574. The lowest BCUT2D eigenvalue weighted by Crippen LogP contribution is -2.49. The molecule has 1 amide bonds. The van der Waals surface area contributed by atoms with E-state index >= 15 is 0 Å². The zero-order valence-electron chi connectivity index (χ0n) is 18.1. The third-order valence-electron chi connectivity index (χ3n) is 6.16. The highest BCUT2D eigenvalue weighted by atomic mass is 16.3. The average Bonchev–Trinajstić information content (AvgIpc) is 3.36. The van der Waals surface area contributed by atoms with E-state index < -0.39 is 11.6 Å². The second-order valence-electron chi connectivity index (χ2n) is 8.15. The van der Waals surface area contributed by atoms with Gasteiger partial charge >= 0.3 is 0 Å². The highest BCUT2D eigenvalue weighted by Gasteiger charge is 2.49. The van der Waals surface area contributed by atoms with Crippen LogP contribution in [0.3, 0.4) is 0 Å².